The van der Waals surface area contributed by atoms with E-state index in [-0.39, 0.29) is 24.2 Å². The first-order valence-corrected chi connectivity index (χ1v) is 10.2. The Bertz CT molecular complexity index is 1080. The second kappa shape index (κ2) is 7.75. The number of ketones is 1. The molecule has 0 radical (unpaired) electrons. The number of anilines is 1. The van der Waals surface area contributed by atoms with Gasteiger partial charge in [-0.15, -0.1) is 10.2 Å². The summed E-state index contributed by atoms with van der Waals surface area (Å²) in [5, 5.41) is 9.54. The summed E-state index contributed by atoms with van der Waals surface area (Å²) < 4.78 is 5.76. The number of carbonyl (C=O) groups excluding carboxylic acids is 2. The van der Waals surface area contributed by atoms with Crippen LogP contribution < -0.4 is 9.64 Å². The van der Waals surface area contributed by atoms with Crippen molar-refractivity contribution in [3.8, 4) is 16.3 Å². The van der Waals surface area contributed by atoms with Crippen LogP contribution in [0.1, 0.15) is 40.7 Å². The van der Waals surface area contributed by atoms with Crippen LogP contribution in [0.5, 0.6) is 5.75 Å². The van der Waals surface area contributed by atoms with Crippen molar-refractivity contribution < 1.29 is 14.3 Å². The van der Waals surface area contributed by atoms with Gasteiger partial charge in [-0.05, 0) is 30.0 Å². The largest absolute Gasteiger partial charge is 0.483 e. The van der Waals surface area contributed by atoms with Gasteiger partial charge >= 0.3 is 0 Å². The molecule has 0 aliphatic heterocycles. The van der Waals surface area contributed by atoms with Crippen LogP contribution >= 0.6 is 11.3 Å². The van der Waals surface area contributed by atoms with Gasteiger partial charge < -0.3 is 4.74 Å². The molecule has 0 saturated heterocycles. The lowest BCUT2D eigenvalue weighted by Gasteiger charge is -2.16. The van der Waals surface area contributed by atoms with Gasteiger partial charge in [0.1, 0.15) is 10.8 Å². The van der Waals surface area contributed by atoms with Gasteiger partial charge in [0.2, 0.25) is 5.13 Å². The zero-order valence-electron chi connectivity index (χ0n) is 16.5. The molecule has 1 aromatic heterocycles. The van der Waals surface area contributed by atoms with E-state index < -0.39 is 0 Å². The van der Waals surface area contributed by atoms with Crippen LogP contribution in [0.15, 0.2) is 42.5 Å². The van der Waals surface area contributed by atoms with Gasteiger partial charge in [-0.1, -0.05) is 54.7 Å². The van der Waals surface area contributed by atoms with Gasteiger partial charge in [0.05, 0.1) is 5.56 Å². The molecule has 0 spiro atoms. The van der Waals surface area contributed by atoms with Crippen molar-refractivity contribution in [2.45, 2.75) is 26.2 Å². The number of fused-ring (bicyclic) bond motifs is 1. The number of nitrogens with zero attached hydrogens (tertiary/aromatic N) is 3. The summed E-state index contributed by atoms with van der Waals surface area (Å²) in [7, 11) is 1.65. The van der Waals surface area contributed by atoms with E-state index in [1.165, 1.54) is 16.2 Å². The van der Waals surface area contributed by atoms with Gasteiger partial charge in [0, 0.05) is 19.0 Å². The molecule has 0 N–H and O–H groups in total. The third kappa shape index (κ3) is 3.65. The number of aryl methyl sites for hydroxylation is 1. The van der Waals surface area contributed by atoms with Crippen LogP contribution in [0.2, 0.25) is 0 Å². The smallest absolute Gasteiger partial charge is 0.266 e. The maximum Gasteiger partial charge on any atom is 0.266 e. The fourth-order valence-electron chi connectivity index (χ4n) is 3.62. The van der Waals surface area contributed by atoms with E-state index in [2.05, 4.69) is 10.2 Å². The monoisotopic (exact) mass is 407 g/mol. The number of hydrogen-bond donors (Lipinski definition) is 0. The minimum absolute atomic E-state index is 0.0728. The molecule has 3 aromatic rings. The molecule has 6 nitrogen and oxygen atoms in total. The summed E-state index contributed by atoms with van der Waals surface area (Å²) in [6.45, 7) is 3.86. The molecule has 1 atom stereocenters. The highest BCUT2D eigenvalue weighted by Crippen LogP contribution is 2.40. The normalized spacial score (nSPS) is 15.3. The number of amides is 1. The lowest BCUT2D eigenvalue weighted by atomic mass is 9.97. The molecule has 148 valence electrons. The van der Waals surface area contributed by atoms with Gasteiger partial charge in [0.15, 0.2) is 12.4 Å². The Kier molecular flexibility index (Phi) is 5.15. The molecular weight excluding hydrogens is 386 g/mol. The maximum atomic E-state index is 12.6. The molecule has 1 heterocycles. The van der Waals surface area contributed by atoms with Gasteiger partial charge in [0.25, 0.3) is 5.91 Å². The van der Waals surface area contributed by atoms with Crippen LogP contribution in [0.3, 0.4) is 0 Å². The maximum absolute atomic E-state index is 12.6. The number of likely N-dealkylation sites (N-methyl/N-ethyl adjacent to an activating group) is 1. The topological polar surface area (TPSA) is 72.4 Å². The number of aromatic nitrogens is 2. The fraction of sp³-hybridized carbons (Fsp3) is 0.273. The number of hydrogen-bond acceptors (Lipinski definition) is 6. The minimum atomic E-state index is -0.256. The molecule has 1 aliphatic carbocycles. The molecular formula is C22H21N3O3S. The summed E-state index contributed by atoms with van der Waals surface area (Å²) in [6, 6.07) is 13.4. The number of benzene rings is 2. The highest BCUT2D eigenvalue weighted by Gasteiger charge is 2.31. The predicted octanol–water partition coefficient (Wildman–Crippen LogP) is 4.25. The van der Waals surface area contributed by atoms with E-state index in [4.69, 9.17) is 4.74 Å². The second-order valence-corrected chi connectivity index (χ2v) is 8.15. The van der Waals surface area contributed by atoms with Crippen LogP contribution in [0.4, 0.5) is 5.13 Å². The number of ether oxygens (including phenoxy) is 1. The third-order valence-corrected chi connectivity index (χ3v) is 6.18. The molecule has 1 amide bonds. The average molecular weight is 407 g/mol. The molecule has 2 aromatic carbocycles. The van der Waals surface area contributed by atoms with E-state index in [0.717, 1.165) is 21.7 Å². The Hall–Kier alpha value is -3.06. The van der Waals surface area contributed by atoms with Gasteiger partial charge in [-0.3, -0.25) is 14.5 Å². The van der Waals surface area contributed by atoms with Crippen molar-refractivity contribution in [3.63, 3.8) is 0 Å². The summed E-state index contributed by atoms with van der Waals surface area (Å²) in [5.41, 5.74) is 3.69. The first kappa shape index (κ1) is 19.3. The average Bonchev–Trinajstić information content (AvgIpc) is 3.33. The number of rotatable bonds is 5. The van der Waals surface area contributed by atoms with Crippen LogP contribution in [0.25, 0.3) is 10.6 Å². The fourth-order valence-corrected chi connectivity index (χ4v) is 4.45. The summed E-state index contributed by atoms with van der Waals surface area (Å²) in [4.78, 5) is 26.5. The van der Waals surface area contributed by atoms with E-state index >= 15 is 0 Å². The van der Waals surface area contributed by atoms with E-state index in [1.807, 2.05) is 50.2 Å². The van der Waals surface area contributed by atoms with Crippen molar-refractivity contribution in [2.75, 3.05) is 18.6 Å². The molecule has 0 saturated carbocycles. The van der Waals surface area contributed by atoms with Crippen LogP contribution in [0, 0.1) is 6.92 Å². The lowest BCUT2D eigenvalue weighted by Crippen LogP contribution is -2.31. The second-order valence-electron chi connectivity index (χ2n) is 7.19. The van der Waals surface area contributed by atoms with Crippen LogP contribution in [-0.4, -0.2) is 35.5 Å². The Balaban J connectivity index is 1.47. The van der Waals surface area contributed by atoms with Crippen molar-refractivity contribution in [3.05, 3.63) is 59.2 Å². The predicted molar refractivity (Wildman–Crippen MR) is 113 cm³/mol. The molecule has 0 bridgehead atoms. The quantitative estimate of drug-likeness (QED) is 0.632. The Morgan fingerprint density at radius 3 is 2.72 bits per heavy atom. The first-order chi connectivity index (χ1) is 14.0. The van der Waals surface area contributed by atoms with Crippen LogP contribution in [-0.2, 0) is 4.79 Å². The molecule has 1 unspecified atom stereocenters. The molecule has 0 fully saturated rings. The number of Topliss-reactive ketones (excluding diaryl/α,β-unsaturated/α-hetero) is 1. The highest BCUT2D eigenvalue weighted by atomic mass is 32.1. The zero-order chi connectivity index (χ0) is 20.5. The van der Waals surface area contributed by atoms with Gasteiger partial charge in [-0.25, -0.2) is 0 Å². The standard InChI is InChI=1S/C22H21N3O3S/c1-13-9-10-17(20-16(26)11-14(2)19(13)20)28-12-18(27)25(3)22-24-23-21(29-22)15-7-5-4-6-8-15/h4-10,14H,11-12H2,1-3H3. The first-order valence-electron chi connectivity index (χ1n) is 9.40. The Morgan fingerprint density at radius 2 is 1.97 bits per heavy atom. The minimum Gasteiger partial charge on any atom is -0.483 e. The summed E-state index contributed by atoms with van der Waals surface area (Å²) in [6.07, 6.45) is 0.484. The molecule has 4 rings (SSSR count). The number of carbonyl (C=O) groups is 2. The zero-order valence-corrected chi connectivity index (χ0v) is 17.3. The molecule has 7 heteroatoms. The SMILES string of the molecule is Cc1ccc(OCC(=O)N(C)c2nnc(-c3ccccc3)s2)c2c1C(C)CC2=O. The molecule has 1 aliphatic rings. The van der Waals surface area contributed by atoms with Crippen molar-refractivity contribution in [1.82, 2.24) is 10.2 Å². The van der Waals surface area contributed by atoms with E-state index in [0.29, 0.717) is 22.9 Å². The van der Waals surface area contributed by atoms with Crippen molar-refractivity contribution >= 4 is 28.2 Å². The molecule has 29 heavy (non-hydrogen) atoms. The van der Waals surface area contributed by atoms with Gasteiger partial charge in [-0.2, -0.15) is 0 Å². The van der Waals surface area contributed by atoms with E-state index in [9.17, 15) is 9.59 Å². The van der Waals surface area contributed by atoms with Crippen molar-refractivity contribution in [2.24, 2.45) is 0 Å². The Labute approximate surface area is 173 Å². The van der Waals surface area contributed by atoms with Crippen molar-refractivity contribution in [1.29, 1.82) is 0 Å². The lowest BCUT2D eigenvalue weighted by molar-refractivity contribution is -0.120. The third-order valence-electron chi connectivity index (χ3n) is 5.14. The summed E-state index contributed by atoms with van der Waals surface area (Å²) in [5.74, 6) is 0.471. The Morgan fingerprint density at radius 1 is 1.21 bits per heavy atom. The summed E-state index contributed by atoms with van der Waals surface area (Å²) >= 11 is 1.34. The highest BCUT2D eigenvalue weighted by molar-refractivity contribution is 7.18. The van der Waals surface area contributed by atoms with E-state index in [1.54, 1.807) is 13.1 Å².